The van der Waals surface area contributed by atoms with Gasteiger partial charge in [-0.05, 0) is 65.9 Å². The molecule has 0 atom stereocenters. The van der Waals surface area contributed by atoms with Crippen molar-refractivity contribution < 1.29 is 23.8 Å². The van der Waals surface area contributed by atoms with Crippen LogP contribution in [0.4, 0.5) is 4.79 Å². The number of hydrogen-bond donors (Lipinski definition) is 0. The van der Waals surface area contributed by atoms with Gasteiger partial charge < -0.3 is 14.2 Å². The Labute approximate surface area is 228 Å². The summed E-state index contributed by atoms with van der Waals surface area (Å²) in [6.07, 6.45) is 1.58. The van der Waals surface area contributed by atoms with Gasteiger partial charge in [-0.25, -0.2) is 0 Å². The maximum Gasteiger partial charge on any atom is 0.293 e. The Kier molecular flexibility index (Phi) is 8.62. The first kappa shape index (κ1) is 26.4. The third-order valence-corrected chi connectivity index (χ3v) is 6.77. The fraction of sp³-hybridized carbons (Fsp3) is 0.148. The minimum Gasteiger partial charge on any atom is -0.493 e. The highest BCUT2D eigenvalue weighted by Gasteiger charge is 2.35. The lowest BCUT2D eigenvalue weighted by Gasteiger charge is -2.14. The molecule has 0 unspecified atom stereocenters. The normalized spacial score (nSPS) is 14.1. The van der Waals surface area contributed by atoms with E-state index in [0.717, 1.165) is 16.7 Å². The molecule has 0 N–H and O–H groups in total. The lowest BCUT2D eigenvalue weighted by Crippen LogP contribution is -2.32. The van der Waals surface area contributed by atoms with Crippen molar-refractivity contribution in [2.24, 2.45) is 0 Å². The zero-order chi connectivity index (χ0) is 26.4. The standard InChI is InChI=1S/C27H20Cl2N2O5S/c1-34-23-13-17(12-22(29)25(23)36-16-19-5-3-2-4-18(19)15-30)14-24-26(32)31(27(33)37-24)10-11-35-21-8-6-20(28)7-9-21/h2-9,12-14H,10-11,16H2,1H3/b24-14-. The summed E-state index contributed by atoms with van der Waals surface area (Å²) >= 11 is 13.2. The second-order valence-electron chi connectivity index (χ2n) is 7.73. The van der Waals surface area contributed by atoms with Crippen LogP contribution in [-0.4, -0.2) is 36.3 Å². The summed E-state index contributed by atoms with van der Waals surface area (Å²) in [6, 6.07) is 19.3. The summed E-state index contributed by atoms with van der Waals surface area (Å²) in [5.41, 5.74) is 1.78. The zero-order valence-corrected chi connectivity index (χ0v) is 21.9. The fourth-order valence-corrected chi connectivity index (χ4v) is 4.76. The van der Waals surface area contributed by atoms with Crippen LogP contribution in [0.15, 0.2) is 65.6 Å². The molecule has 0 aromatic heterocycles. The van der Waals surface area contributed by atoms with Crippen LogP contribution in [0.5, 0.6) is 17.2 Å². The maximum absolute atomic E-state index is 12.9. The molecule has 1 saturated heterocycles. The average Bonchev–Trinajstić information content (AvgIpc) is 3.16. The van der Waals surface area contributed by atoms with Crippen molar-refractivity contribution in [1.29, 1.82) is 5.26 Å². The van der Waals surface area contributed by atoms with E-state index in [-0.39, 0.29) is 34.9 Å². The Morgan fingerprint density at radius 2 is 1.81 bits per heavy atom. The predicted octanol–water partition coefficient (Wildman–Crippen LogP) is 6.57. The number of amides is 2. The first-order chi connectivity index (χ1) is 17.9. The summed E-state index contributed by atoms with van der Waals surface area (Å²) in [5, 5.41) is 9.74. The molecular formula is C27H20Cl2N2O5S. The molecule has 37 heavy (non-hydrogen) atoms. The highest BCUT2D eigenvalue weighted by atomic mass is 35.5. The smallest absolute Gasteiger partial charge is 0.293 e. The Morgan fingerprint density at radius 3 is 2.54 bits per heavy atom. The van der Waals surface area contributed by atoms with Crippen molar-refractivity contribution in [2.45, 2.75) is 6.61 Å². The molecule has 7 nitrogen and oxygen atoms in total. The molecule has 0 aliphatic carbocycles. The average molecular weight is 555 g/mol. The number of ether oxygens (including phenoxy) is 3. The van der Waals surface area contributed by atoms with Crippen molar-refractivity contribution in [2.75, 3.05) is 20.3 Å². The molecule has 0 bridgehead atoms. The van der Waals surface area contributed by atoms with E-state index >= 15 is 0 Å². The fourth-order valence-electron chi connectivity index (χ4n) is 3.50. The van der Waals surface area contributed by atoms with Crippen LogP contribution in [0.25, 0.3) is 6.08 Å². The Hall–Kier alpha value is -3.64. The molecule has 188 valence electrons. The van der Waals surface area contributed by atoms with Gasteiger partial charge in [-0.15, -0.1) is 0 Å². The van der Waals surface area contributed by atoms with Gasteiger partial charge in [0, 0.05) is 10.6 Å². The number of benzene rings is 3. The van der Waals surface area contributed by atoms with Crippen molar-refractivity contribution in [1.82, 2.24) is 4.90 Å². The first-order valence-electron chi connectivity index (χ1n) is 11.0. The number of imide groups is 1. The van der Waals surface area contributed by atoms with E-state index in [1.54, 1.807) is 60.7 Å². The molecule has 1 fully saturated rings. The van der Waals surface area contributed by atoms with E-state index in [2.05, 4.69) is 6.07 Å². The van der Waals surface area contributed by atoms with Crippen molar-refractivity contribution in [3.63, 3.8) is 0 Å². The Morgan fingerprint density at radius 1 is 1.05 bits per heavy atom. The number of methoxy groups -OCH3 is 1. The zero-order valence-electron chi connectivity index (χ0n) is 19.6. The SMILES string of the molecule is COc1cc(/C=C2\SC(=O)N(CCOc3ccc(Cl)cc3)C2=O)cc(Cl)c1OCc1ccccc1C#N. The molecule has 1 aliphatic heterocycles. The van der Waals surface area contributed by atoms with Crippen LogP contribution in [0.2, 0.25) is 10.0 Å². The van der Waals surface area contributed by atoms with Crippen LogP contribution < -0.4 is 14.2 Å². The summed E-state index contributed by atoms with van der Waals surface area (Å²) in [4.78, 5) is 26.7. The number of carbonyl (C=O) groups is 2. The summed E-state index contributed by atoms with van der Waals surface area (Å²) in [7, 11) is 1.47. The van der Waals surface area contributed by atoms with E-state index in [1.807, 2.05) is 6.07 Å². The van der Waals surface area contributed by atoms with Gasteiger partial charge in [-0.3, -0.25) is 14.5 Å². The maximum atomic E-state index is 12.9. The lowest BCUT2D eigenvalue weighted by atomic mass is 10.1. The number of nitriles is 1. The van der Waals surface area contributed by atoms with Gasteiger partial charge in [0.2, 0.25) is 0 Å². The molecular weight excluding hydrogens is 535 g/mol. The van der Waals surface area contributed by atoms with E-state index in [9.17, 15) is 14.9 Å². The monoisotopic (exact) mass is 554 g/mol. The highest BCUT2D eigenvalue weighted by molar-refractivity contribution is 8.18. The number of nitrogens with zero attached hydrogens (tertiary/aromatic N) is 2. The molecule has 1 aliphatic rings. The van der Waals surface area contributed by atoms with Crippen molar-refractivity contribution in [3.8, 4) is 23.3 Å². The predicted molar refractivity (Wildman–Crippen MR) is 143 cm³/mol. The van der Waals surface area contributed by atoms with Gasteiger partial charge in [0.25, 0.3) is 11.1 Å². The number of hydrogen-bond acceptors (Lipinski definition) is 7. The molecule has 0 saturated carbocycles. The van der Waals surface area contributed by atoms with Crippen LogP contribution in [0.3, 0.4) is 0 Å². The molecule has 0 radical (unpaired) electrons. The molecule has 10 heteroatoms. The molecule has 3 aromatic carbocycles. The second-order valence-corrected chi connectivity index (χ2v) is 9.56. The summed E-state index contributed by atoms with van der Waals surface area (Å²) < 4.78 is 16.9. The highest BCUT2D eigenvalue weighted by Crippen LogP contribution is 2.39. The van der Waals surface area contributed by atoms with Gasteiger partial charge in [-0.2, -0.15) is 5.26 Å². The Balaban J connectivity index is 1.45. The van der Waals surface area contributed by atoms with Crippen molar-refractivity contribution in [3.05, 3.63) is 92.3 Å². The molecule has 1 heterocycles. The van der Waals surface area contributed by atoms with Gasteiger partial charge in [-0.1, -0.05) is 41.4 Å². The lowest BCUT2D eigenvalue weighted by molar-refractivity contribution is -0.123. The topological polar surface area (TPSA) is 88.9 Å². The molecule has 0 spiro atoms. The third-order valence-electron chi connectivity index (χ3n) is 5.33. The van der Waals surface area contributed by atoms with E-state index < -0.39 is 5.91 Å². The van der Waals surface area contributed by atoms with Crippen LogP contribution >= 0.6 is 35.0 Å². The molecule has 2 amide bonds. The number of rotatable bonds is 9. The van der Waals surface area contributed by atoms with Crippen LogP contribution in [0, 0.1) is 11.3 Å². The Bertz CT molecular complexity index is 1400. The quantitative estimate of drug-likeness (QED) is 0.276. The van der Waals surface area contributed by atoms with Gasteiger partial charge in [0.15, 0.2) is 11.5 Å². The van der Waals surface area contributed by atoms with Gasteiger partial charge in [0.1, 0.15) is 19.0 Å². The first-order valence-corrected chi connectivity index (χ1v) is 12.6. The minimum absolute atomic E-state index is 0.103. The molecule has 3 aromatic rings. The third kappa shape index (κ3) is 6.38. The number of carbonyl (C=O) groups excluding carboxylic acids is 2. The van der Waals surface area contributed by atoms with Crippen LogP contribution in [0.1, 0.15) is 16.7 Å². The van der Waals surface area contributed by atoms with E-state index in [4.69, 9.17) is 37.4 Å². The number of halogens is 2. The van der Waals surface area contributed by atoms with E-state index in [0.29, 0.717) is 39.0 Å². The largest absolute Gasteiger partial charge is 0.493 e. The molecule has 4 rings (SSSR count). The van der Waals surface area contributed by atoms with Gasteiger partial charge in [0.05, 0.1) is 35.2 Å². The van der Waals surface area contributed by atoms with E-state index in [1.165, 1.54) is 7.11 Å². The van der Waals surface area contributed by atoms with Gasteiger partial charge >= 0.3 is 0 Å². The summed E-state index contributed by atoms with van der Waals surface area (Å²) in [5.74, 6) is 0.829. The minimum atomic E-state index is -0.418. The van der Waals surface area contributed by atoms with Crippen LogP contribution in [-0.2, 0) is 11.4 Å². The van der Waals surface area contributed by atoms with Crippen molar-refractivity contribution >= 4 is 52.2 Å². The summed E-state index contributed by atoms with van der Waals surface area (Å²) in [6.45, 7) is 0.370. The second kappa shape index (κ2) is 12.1. The number of thioether (sulfide) groups is 1.